The monoisotopic (exact) mass is 253 g/mol. The summed E-state index contributed by atoms with van der Waals surface area (Å²) in [6.07, 6.45) is 2.35. The van der Waals surface area contributed by atoms with Crippen LogP contribution in [-0.4, -0.2) is 18.9 Å². The van der Waals surface area contributed by atoms with Crippen LogP contribution in [0.1, 0.15) is 37.8 Å². The summed E-state index contributed by atoms with van der Waals surface area (Å²) in [5.41, 5.74) is 1.96. The fraction of sp³-hybridized carbons (Fsp3) is 0.533. The van der Waals surface area contributed by atoms with Crippen molar-refractivity contribution >= 4 is 5.78 Å². The maximum atomic E-state index is 12.4. The molecule has 0 aromatic heterocycles. The lowest BCUT2D eigenvalue weighted by molar-refractivity contribution is -0.116. The predicted molar refractivity (Wildman–Crippen MR) is 74.3 cm³/mol. The molecule has 0 saturated heterocycles. The van der Waals surface area contributed by atoms with Crippen LogP contribution in [0.3, 0.4) is 0 Å². The lowest BCUT2D eigenvalue weighted by Gasteiger charge is -1.97. The van der Waals surface area contributed by atoms with Gasteiger partial charge in [0.25, 0.3) is 0 Å². The van der Waals surface area contributed by atoms with Gasteiger partial charge in [-0.05, 0) is 57.0 Å². The number of nitrogens with one attached hydrogen (secondary N) is 1. The van der Waals surface area contributed by atoms with E-state index in [0.29, 0.717) is 6.54 Å². The Labute approximate surface area is 110 Å². The minimum absolute atomic E-state index is 0.146. The van der Waals surface area contributed by atoms with Crippen LogP contribution in [0.25, 0.3) is 0 Å². The molecule has 0 atom stereocenters. The molecule has 1 aromatic carbocycles. The van der Waals surface area contributed by atoms with Crippen molar-refractivity contribution in [3.8, 4) is 0 Å². The lowest BCUT2D eigenvalue weighted by atomic mass is 10.2. The first-order chi connectivity index (χ1) is 8.45. The number of rotatable bonds is 5. The van der Waals surface area contributed by atoms with Gasteiger partial charge in [0.1, 0.15) is 11.6 Å². The molecule has 0 aliphatic carbocycles. The summed E-state index contributed by atoms with van der Waals surface area (Å²) in [6.45, 7) is 9.00. The molecule has 0 unspecified atom stereocenters. The van der Waals surface area contributed by atoms with E-state index in [-0.39, 0.29) is 11.6 Å². The summed E-state index contributed by atoms with van der Waals surface area (Å²) in [4.78, 5) is 10.3. The first-order valence-electron chi connectivity index (χ1n) is 6.39. The Morgan fingerprint density at radius 2 is 1.78 bits per heavy atom. The quantitative estimate of drug-likeness (QED) is 0.815. The fourth-order valence-electron chi connectivity index (χ4n) is 1.49. The van der Waals surface area contributed by atoms with Gasteiger partial charge in [-0.2, -0.15) is 0 Å². The van der Waals surface area contributed by atoms with Crippen molar-refractivity contribution in [3.63, 3.8) is 0 Å². The van der Waals surface area contributed by atoms with Gasteiger partial charge in [0.15, 0.2) is 0 Å². The van der Waals surface area contributed by atoms with Gasteiger partial charge < -0.3 is 5.32 Å². The van der Waals surface area contributed by atoms with E-state index in [4.69, 9.17) is 0 Å². The number of carbonyl (C=O) groups excluding carboxylic acids is 1. The van der Waals surface area contributed by atoms with E-state index < -0.39 is 0 Å². The van der Waals surface area contributed by atoms with Crippen molar-refractivity contribution in [3.05, 3.63) is 35.1 Å². The van der Waals surface area contributed by atoms with Gasteiger partial charge in [-0.15, -0.1) is 0 Å². The number of carbonyl (C=O) groups is 1. The van der Waals surface area contributed by atoms with Crippen LogP contribution in [0.5, 0.6) is 0 Å². The summed E-state index contributed by atoms with van der Waals surface area (Å²) in [5, 5.41) is 3.04. The molecule has 1 aromatic rings. The standard InChI is InChI=1S/C8H9F.C7H15NO/c1-6-3-7(2)5-8(9)4-6;1-3-4-5-8-6-7(2)9/h3-5H,1-2H3;8H,3-6H2,1-2H3. The number of ketones is 1. The van der Waals surface area contributed by atoms with Gasteiger partial charge in [0, 0.05) is 0 Å². The first-order valence-corrected chi connectivity index (χ1v) is 6.39. The van der Waals surface area contributed by atoms with E-state index in [1.807, 2.05) is 19.9 Å². The maximum Gasteiger partial charge on any atom is 0.143 e. The van der Waals surface area contributed by atoms with E-state index in [1.165, 1.54) is 18.6 Å². The Morgan fingerprint density at radius 1 is 1.22 bits per heavy atom. The summed E-state index contributed by atoms with van der Waals surface area (Å²) >= 11 is 0. The number of hydrogen-bond acceptors (Lipinski definition) is 2. The second-order valence-electron chi connectivity index (χ2n) is 4.54. The molecular weight excluding hydrogens is 229 g/mol. The van der Waals surface area contributed by atoms with Crippen molar-refractivity contribution in [2.24, 2.45) is 0 Å². The molecule has 1 rings (SSSR count). The average Bonchev–Trinajstić information content (AvgIpc) is 2.23. The first kappa shape index (κ1) is 16.8. The molecule has 0 fully saturated rings. The lowest BCUT2D eigenvalue weighted by Crippen LogP contribution is -2.21. The molecule has 2 nitrogen and oxygen atoms in total. The molecule has 0 heterocycles. The second-order valence-corrected chi connectivity index (χ2v) is 4.54. The molecule has 0 aliphatic rings. The molecule has 0 bridgehead atoms. The third kappa shape index (κ3) is 9.97. The van der Waals surface area contributed by atoms with Crippen molar-refractivity contribution < 1.29 is 9.18 Å². The molecule has 18 heavy (non-hydrogen) atoms. The Morgan fingerprint density at radius 3 is 2.17 bits per heavy atom. The Kier molecular flexibility index (Phi) is 9.11. The number of halogens is 1. The third-order valence-electron chi connectivity index (χ3n) is 2.27. The molecule has 0 radical (unpaired) electrons. The Balaban J connectivity index is 0.000000321. The molecule has 0 saturated carbocycles. The van der Waals surface area contributed by atoms with Crippen molar-refractivity contribution in [1.82, 2.24) is 5.32 Å². The number of benzene rings is 1. The number of unbranched alkanes of at least 4 members (excludes halogenated alkanes) is 1. The van der Waals surface area contributed by atoms with Crippen molar-refractivity contribution in [1.29, 1.82) is 0 Å². The maximum absolute atomic E-state index is 12.4. The number of hydrogen-bond donors (Lipinski definition) is 1. The second kappa shape index (κ2) is 9.77. The van der Waals surface area contributed by atoms with Crippen LogP contribution in [0.15, 0.2) is 18.2 Å². The SMILES string of the molecule is CCCCNCC(C)=O.Cc1cc(C)cc(F)c1. The van der Waals surface area contributed by atoms with Crippen LogP contribution < -0.4 is 5.32 Å². The van der Waals surface area contributed by atoms with Crippen LogP contribution in [0.2, 0.25) is 0 Å². The average molecular weight is 253 g/mol. The van der Waals surface area contributed by atoms with E-state index in [2.05, 4.69) is 12.2 Å². The smallest absolute Gasteiger partial charge is 0.143 e. The molecular formula is C15H24FNO. The minimum Gasteiger partial charge on any atom is -0.310 e. The molecule has 0 spiro atoms. The fourth-order valence-corrected chi connectivity index (χ4v) is 1.49. The molecule has 1 N–H and O–H groups in total. The molecule has 0 amide bonds. The van der Waals surface area contributed by atoms with E-state index in [1.54, 1.807) is 6.92 Å². The summed E-state index contributed by atoms with van der Waals surface area (Å²) in [7, 11) is 0. The normalized spacial score (nSPS) is 9.61. The zero-order valence-electron chi connectivity index (χ0n) is 11.8. The number of aryl methyl sites for hydroxylation is 2. The zero-order chi connectivity index (χ0) is 14.0. The van der Waals surface area contributed by atoms with Gasteiger partial charge >= 0.3 is 0 Å². The summed E-state index contributed by atoms with van der Waals surface area (Å²) < 4.78 is 12.4. The van der Waals surface area contributed by atoms with E-state index >= 15 is 0 Å². The largest absolute Gasteiger partial charge is 0.310 e. The topological polar surface area (TPSA) is 29.1 Å². The van der Waals surface area contributed by atoms with Gasteiger partial charge in [0.05, 0.1) is 6.54 Å². The van der Waals surface area contributed by atoms with Crippen LogP contribution in [0.4, 0.5) is 4.39 Å². The zero-order valence-corrected chi connectivity index (χ0v) is 11.8. The van der Waals surface area contributed by atoms with Crippen LogP contribution in [0, 0.1) is 19.7 Å². The highest BCUT2D eigenvalue weighted by Crippen LogP contribution is 2.05. The Hall–Kier alpha value is -1.22. The van der Waals surface area contributed by atoms with Crippen LogP contribution in [-0.2, 0) is 4.79 Å². The molecule has 0 aliphatic heterocycles. The van der Waals surface area contributed by atoms with E-state index in [9.17, 15) is 9.18 Å². The molecule has 102 valence electrons. The third-order valence-corrected chi connectivity index (χ3v) is 2.27. The summed E-state index contributed by atoms with van der Waals surface area (Å²) in [5.74, 6) is 0.0682. The number of Topliss-reactive ketones (excluding diaryl/α,β-unsaturated/α-hetero) is 1. The minimum atomic E-state index is -0.146. The van der Waals surface area contributed by atoms with Gasteiger partial charge in [0.2, 0.25) is 0 Å². The summed E-state index contributed by atoms with van der Waals surface area (Å²) in [6, 6.07) is 4.99. The van der Waals surface area contributed by atoms with Crippen LogP contribution >= 0.6 is 0 Å². The highest BCUT2D eigenvalue weighted by molar-refractivity contribution is 5.77. The van der Waals surface area contributed by atoms with Gasteiger partial charge in [-0.3, -0.25) is 4.79 Å². The molecule has 3 heteroatoms. The van der Waals surface area contributed by atoms with Crippen molar-refractivity contribution in [2.45, 2.75) is 40.5 Å². The predicted octanol–water partition coefficient (Wildman–Crippen LogP) is 3.41. The Bertz CT molecular complexity index is 313. The van der Waals surface area contributed by atoms with Gasteiger partial charge in [-0.1, -0.05) is 19.4 Å². The van der Waals surface area contributed by atoms with E-state index in [0.717, 1.165) is 24.1 Å². The highest BCUT2D eigenvalue weighted by atomic mass is 19.1. The highest BCUT2D eigenvalue weighted by Gasteiger charge is 1.91. The van der Waals surface area contributed by atoms with Crippen molar-refractivity contribution in [2.75, 3.05) is 13.1 Å². The van der Waals surface area contributed by atoms with Gasteiger partial charge in [-0.25, -0.2) is 4.39 Å².